The third-order valence-electron chi connectivity index (χ3n) is 7.58. The molecule has 0 saturated carbocycles. The Morgan fingerprint density at radius 1 is 0.636 bits per heavy atom. The zero-order chi connectivity index (χ0) is 32.9. The molecule has 0 unspecified atom stereocenters. The number of carbonyl (C=O) groups excluding carboxylic acids is 1. The molecule has 0 aliphatic rings. The smallest absolute Gasteiger partial charge is 0.159 e. The lowest BCUT2D eigenvalue weighted by atomic mass is 9.72. The van der Waals surface area contributed by atoms with E-state index in [1.54, 1.807) is 35.7 Å². The van der Waals surface area contributed by atoms with E-state index >= 15 is 0 Å². The quantitative estimate of drug-likeness (QED) is 0.164. The van der Waals surface area contributed by atoms with Gasteiger partial charge in [-0.15, -0.1) is 0 Å². The molecule has 2 aromatic carbocycles. The monoisotopic (exact) mass is 710 g/mol. The van der Waals surface area contributed by atoms with Crippen molar-refractivity contribution in [2.24, 2.45) is 14.1 Å². The summed E-state index contributed by atoms with van der Waals surface area (Å²) in [6, 6.07) is 11.0. The molecule has 0 radical (unpaired) electrons. The van der Waals surface area contributed by atoms with E-state index in [0.717, 1.165) is 31.2 Å². The number of carbonyl (C=O) groups is 1. The van der Waals surface area contributed by atoms with Crippen molar-refractivity contribution >= 4 is 75.7 Å². The van der Waals surface area contributed by atoms with Crippen LogP contribution >= 0.6 is 69.9 Å². The summed E-state index contributed by atoms with van der Waals surface area (Å²) in [5.41, 5.74) is -0.0464. The van der Waals surface area contributed by atoms with Crippen LogP contribution in [0.15, 0.2) is 56.2 Å². The second-order valence-corrected chi connectivity index (χ2v) is 16.5. The fourth-order valence-corrected chi connectivity index (χ4v) is 9.22. The van der Waals surface area contributed by atoms with Gasteiger partial charge in [0.05, 0.1) is 22.2 Å². The van der Waals surface area contributed by atoms with Crippen LogP contribution in [0.5, 0.6) is 0 Å². The molecule has 236 valence electrons. The zero-order valence-electron chi connectivity index (χ0n) is 26.6. The Bertz CT molecular complexity index is 1560. The van der Waals surface area contributed by atoms with Crippen LogP contribution in [-0.4, -0.2) is 24.9 Å². The van der Waals surface area contributed by atoms with Gasteiger partial charge in [-0.1, -0.05) is 97.6 Å². The molecular formula is C33H38Cl4N4OS2. The van der Waals surface area contributed by atoms with Gasteiger partial charge in [0.15, 0.2) is 5.78 Å². The molecule has 0 aliphatic heterocycles. The fourth-order valence-electron chi connectivity index (χ4n) is 5.50. The minimum Gasteiger partial charge on any atom is -0.325 e. The number of halogens is 4. The van der Waals surface area contributed by atoms with Crippen LogP contribution in [-0.2, 0) is 29.7 Å². The predicted molar refractivity (Wildman–Crippen MR) is 187 cm³/mol. The van der Waals surface area contributed by atoms with Gasteiger partial charge in [0.25, 0.3) is 0 Å². The average Bonchev–Trinajstić information content (AvgIpc) is 3.40. The van der Waals surface area contributed by atoms with Crippen LogP contribution in [0.2, 0.25) is 20.1 Å². The van der Waals surface area contributed by atoms with Crippen molar-refractivity contribution in [2.75, 3.05) is 0 Å². The minimum absolute atomic E-state index is 0.0153. The van der Waals surface area contributed by atoms with E-state index in [0.29, 0.717) is 31.7 Å². The van der Waals surface area contributed by atoms with Crippen LogP contribution in [0.1, 0.15) is 90.3 Å². The van der Waals surface area contributed by atoms with Gasteiger partial charge in [0.1, 0.15) is 21.7 Å². The SMILES string of the molecule is CC(C)c1nc(C(C)(C)C(=O)C(C)(C)c2nc(C(C)C)c(Sc3cc(Cl)cc(Cl)c3)n2C)n(C)c1Sc1cc(Cl)cc(Cl)c1. The largest absolute Gasteiger partial charge is 0.325 e. The normalized spacial score (nSPS) is 12.5. The number of benzene rings is 2. The number of aromatic nitrogens is 4. The molecule has 2 heterocycles. The Labute approximate surface area is 289 Å². The summed E-state index contributed by atoms with van der Waals surface area (Å²) < 4.78 is 4.07. The Balaban J connectivity index is 1.77. The molecule has 2 aromatic heterocycles. The number of imidazole rings is 2. The Morgan fingerprint density at radius 3 is 1.20 bits per heavy atom. The van der Waals surface area contributed by atoms with Gasteiger partial charge in [-0.05, 0) is 75.9 Å². The summed E-state index contributed by atoms with van der Waals surface area (Å²) in [6.45, 7) is 16.2. The highest BCUT2D eigenvalue weighted by molar-refractivity contribution is 7.99. The van der Waals surface area contributed by atoms with Crippen LogP contribution < -0.4 is 0 Å². The van der Waals surface area contributed by atoms with Crippen LogP contribution in [0.4, 0.5) is 0 Å². The van der Waals surface area contributed by atoms with Gasteiger partial charge in [0.2, 0.25) is 0 Å². The fraction of sp³-hybridized carbons (Fsp3) is 0.424. The lowest BCUT2D eigenvalue weighted by Crippen LogP contribution is -2.45. The standard InChI is InChI=1S/C33H38Cl4N4OS2/c1-17(2)25-27(43-23-13-19(34)11-20(35)14-23)40(9)30(38-25)32(5,6)29(42)33(7,8)31-39-26(18(3)4)28(41(31)10)44-24-15-21(36)12-22(37)16-24/h11-18H,1-10H3. The third-order valence-corrected chi connectivity index (χ3v) is 10.8. The van der Waals surface area contributed by atoms with Crippen molar-refractivity contribution in [3.63, 3.8) is 0 Å². The Kier molecular flexibility index (Phi) is 10.6. The number of hydrogen-bond donors (Lipinski definition) is 0. The highest BCUT2D eigenvalue weighted by atomic mass is 35.5. The van der Waals surface area contributed by atoms with Crippen LogP contribution in [0.3, 0.4) is 0 Å². The second kappa shape index (κ2) is 13.2. The van der Waals surface area contributed by atoms with Crippen molar-refractivity contribution in [3.05, 3.63) is 79.5 Å². The Morgan fingerprint density at radius 2 is 0.932 bits per heavy atom. The number of rotatable bonds is 10. The first kappa shape index (κ1) is 35.2. The summed E-state index contributed by atoms with van der Waals surface area (Å²) in [4.78, 5) is 26.7. The molecule has 0 fully saturated rings. The summed E-state index contributed by atoms with van der Waals surface area (Å²) in [5, 5.41) is 4.17. The van der Waals surface area contributed by atoms with Crippen molar-refractivity contribution in [1.29, 1.82) is 0 Å². The maximum absolute atomic E-state index is 14.7. The molecule has 44 heavy (non-hydrogen) atoms. The number of ketones is 1. The van der Waals surface area contributed by atoms with Gasteiger partial charge in [-0.2, -0.15) is 0 Å². The summed E-state index contributed by atoms with van der Waals surface area (Å²) in [7, 11) is 3.93. The molecule has 0 bridgehead atoms. The molecule has 5 nitrogen and oxygen atoms in total. The van der Waals surface area contributed by atoms with Gasteiger partial charge in [0, 0.05) is 44.0 Å². The summed E-state index contributed by atoms with van der Waals surface area (Å²) in [6.07, 6.45) is 0. The van der Waals surface area contributed by atoms with Gasteiger partial charge < -0.3 is 9.13 Å². The second-order valence-electron chi connectivity index (χ2n) is 12.7. The van der Waals surface area contributed by atoms with Crippen LogP contribution in [0.25, 0.3) is 0 Å². The lowest BCUT2D eigenvalue weighted by molar-refractivity contribution is -0.128. The highest BCUT2D eigenvalue weighted by Crippen LogP contribution is 2.43. The molecule has 11 heteroatoms. The van der Waals surface area contributed by atoms with Crippen molar-refractivity contribution in [3.8, 4) is 0 Å². The summed E-state index contributed by atoms with van der Waals surface area (Å²) >= 11 is 28.3. The van der Waals surface area contributed by atoms with Crippen LogP contribution in [0, 0.1) is 0 Å². The zero-order valence-corrected chi connectivity index (χ0v) is 31.3. The maximum atomic E-state index is 14.7. The first-order valence-corrected chi connectivity index (χ1v) is 17.5. The number of Topliss-reactive ketones (excluding diaryl/α,β-unsaturated/α-hetero) is 1. The van der Waals surface area contributed by atoms with Crippen molar-refractivity contribution in [2.45, 2.75) is 97.9 Å². The summed E-state index contributed by atoms with van der Waals surface area (Å²) in [5.74, 6) is 1.66. The van der Waals surface area contributed by atoms with Gasteiger partial charge in [-0.3, -0.25) is 4.79 Å². The molecule has 0 N–H and O–H groups in total. The van der Waals surface area contributed by atoms with Crippen molar-refractivity contribution in [1.82, 2.24) is 19.1 Å². The van der Waals surface area contributed by atoms with E-state index in [1.807, 2.05) is 75.2 Å². The van der Waals surface area contributed by atoms with E-state index in [9.17, 15) is 4.79 Å². The predicted octanol–water partition coefficient (Wildman–Crippen LogP) is 11.1. The van der Waals surface area contributed by atoms with E-state index in [-0.39, 0.29) is 17.6 Å². The molecule has 0 aliphatic carbocycles. The van der Waals surface area contributed by atoms with E-state index < -0.39 is 10.8 Å². The first-order chi connectivity index (χ1) is 20.3. The van der Waals surface area contributed by atoms with Crippen molar-refractivity contribution < 1.29 is 4.79 Å². The lowest BCUT2D eigenvalue weighted by Gasteiger charge is -2.32. The maximum Gasteiger partial charge on any atom is 0.159 e. The number of hydrogen-bond acceptors (Lipinski definition) is 5. The van der Waals surface area contributed by atoms with Gasteiger partial charge >= 0.3 is 0 Å². The molecular weight excluding hydrogens is 674 g/mol. The molecule has 0 atom stereocenters. The average molecular weight is 713 g/mol. The molecule has 4 aromatic rings. The highest BCUT2D eigenvalue weighted by Gasteiger charge is 2.47. The minimum atomic E-state index is -0.940. The topological polar surface area (TPSA) is 52.7 Å². The van der Waals surface area contributed by atoms with E-state index in [4.69, 9.17) is 56.4 Å². The molecule has 0 amide bonds. The first-order valence-electron chi connectivity index (χ1n) is 14.3. The van der Waals surface area contributed by atoms with E-state index in [1.165, 1.54) is 0 Å². The third kappa shape index (κ3) is 7.03. The number of nitrogens with zero attached hydrogens (tertiary/aromatic N) is 4. The van der Waals surface area contributed by atoms with E-state index in [2.05, 4.69) is 27.7 Å². The molecule has 4 rings (SSSR count). The van der Waals surface area contributed by atoms with Gasteiger partial charge in [-0.25, -0.2) is 9.97 Å². The Hall–Kier alpha value is -1.61. The molecule has 0 spiro atoms. The molecule has 0 saturated heterocycles.